The van der Waals surface area contributed by atoms with Crippen LogP contribution in [0.2, 0.25) is 10.0 Å². The highest BCUT2D eigenvalue weighted by Gasteiger charge is 2.47. The number of carbonyl (C=O) groups excluding carboxylic acids is 2. The van der Waals surface area contributed by atoms with E-state index in [-0.39, 0.29) is 36.4 Å². The second-order valence-electron chi connectivity index (χ2n) is 10.9. The summed E-state index contributed by atoms with van der Waals surface area (Å²) in [5.41, 5.74) is 0.824. The highest BCUT2D eigenvalue weighted by Crippen LogP contribution is 2.39. The first kappa shape index (κ1) is 31.1. The molecule has 224 valence electrons. The molecule has 3 amide bonds. The molecule has 0 spiro atoms. The number of hydrogen-bond donors (Lipinski definition) is 5. The van der Waals surface area contributed by atoms with E-state index in [0.717, 1.165) is 16.6 Å². The van der Waals surface area contributed by atoms with Gasteiger partial charge in [-0.05, 0) is 47.5 Å². The number of aromatic nitrogens is 3. The molecule has 2 heterocycles. The first-order valence-corrected chi connectivity index (χ1v) is 14.5. The summed E-state index contributed by atoms with van der Waals surface area (Å²) in [6, 6.07) is 3.36. The number of fused-ring (bicyclic) bond motifs is 3. The van der Waals surface area contributed by atoms with E-state index in [1.807, 2.05) is 26.8 Å². The Morgan fingerprint density at radius 2 is 1.90 bits per heavy atom. The molecule has 0 saturated carbocycles. The second kappa shape index (κ2) is 12.6. The van der Waals surface area contributed by atoms with Gasteiger partial charge in [-0.1, -0.05) is 63.7 Å². The van der Waals surface area contributed by atoms with Gasteiger partial charge in [0.25, 0.3) is 5.82 Å². The average molecular weight is 619 g/mol. The molecule has 0 bridgehead atoms. The third kappa shape index (κ3) is 6.17. The molecular weight excluding hydrogens is 585 g/mol. The van der Waals surface area contributed by atoms with Crippen molar-refractivity contribution in [1.82, 2.24) is 31.1 Å². The zero-order valence-electron chi connectivity index (χ0n) is 23.7. The second-order valence-corrected chi connectivity index (χ2v) is 11.7. The number of benzene rings is 1. The van der Waals surface area contributed by atoms with Crippen molar-refractivity contribution >= 4 is 52.0 Å². The fourth-order valence-corrected chi connectivity index (χ4v) is 5.89. The number of hydrogen-bond acceptors (Lipinski definition) is 7. The summed E-state index contributed by atoms with van der Waals surface area (Å²) >= 11 is 12.8. The third-order valence-electron chi connectivity index (χ3n) is 8.18. The zero-order valence-corrected chi connectivity index (χ0v) is 25.2. The van der Waals surface area contributed by atoms with Crippen molar-refractivity contribution < 1.29 is 24.0 Å². The lowest BCUT2D eigenvalue weighted by molar-refractivity contribution is -0.136. The molecule has 2 aromatic heterocycles. The fourth-order valence-electron chi connectivity index (χ4n) is 5.35. The molecule has 1 aliphatic carbocycles. The van der Waals surface area contributed by atoms with E-state index in [4.69, 9.17) is 27.7 Å². The van der Waals surface area contributed by atoms with Crippen LogP contribution < -0.4 is 16.0 Å². The number of nitriles is 1. The minimum atomic E-state index is -1.48. The lowest BCUT2D eigenvalue weighted by Crippen LogP contribution is -2.65. The number of carbonyl (C=O) groups is 3. The van der Waals surface area contributed by atoms with Crippen LogP contribution >= 0.6 is 23.2 Å². The molecule has 5 atom stereocenters. The molecule has 1 aromatic carbocycles. The van der Waals surface area contributed by atoms with Gasteiger partial charge in [-0.3, -0.25) is 9.59 Å². The number of rotatable bonds is 10. The van der Waals surface area contributed by atoms with Crippen LogP contribution in [-0.2, 0) is 22.4 Å². The third-order valence-corrected chi connectivity index (χ3v) is 8.70. The molecule has 5 N–H and O–H groups in total. The number of H-pyrrole nitrogens is 1. The van der Waals surface area contributed by atoms with Gasteiger partial charge >= 0.3 is 6.09 Å². The SMILES string of the molecule is CCC(C)[C@H](NC(=O)O)C(=O)N[C@@]1(C(=O)N[C@H](c2nc(C#N)no2)C(C)CC)CCc2[nH]c3c(Cl)cc(Cl)cc3c2C1. The average Bonchev–Trinajstić information content (AvgIpc) is 3.58. The molecular formula is C28H33Cl2N7O5. The maximum Gasteiger partial charge on any atom is 0.405 e. The summed E-state index contributed by atoms with van der Waals surface area (Å²) < 4.78 is 5.30. The minimum Gasteiger partial charge on any atom is -0.465 e. The van der Waals surface area contributed by atoms with Gasteiger partial charge in [0.05, 0.1) is 10.5 Å². The predicted octanol–water partition coefficient (Wildman–Crippen LogP) is 4.66. The van der Waals surface area contributed by atoms with Gasteiger partial charge in [0.2, 0.25) is 17.7 Å². The van der Waals surface area contributed by atoms with E-state index in [1.165, 1.54) is 0 Å². The monoisotopic (exact) mass is 617 g/mol. The predicted molar refractivity (Wildman–Crippen MR) is 155 cm³/mol. The summed E-state index contributed by atoms with van der Waals surface area (Å²) in [6.45, 7) is 7.44. The molecule has 12 nitrogen and oxygen atoms in total. The van der Waals surface area contributed by atoms with Crippen molar-refractivity contribution in [3.8, 4) is 6.07 Å². The Morgan fingerprint density at radius 1 is 1.19 bits per heavy atom. The van der Waals surface area contributed by atoms with Crippen LogP contribution in [0, 0.1) is 23.2 Å². The van der Waals surface area contributed by atoms with Crippen LogP contribution in [0.3, 0.4) is 0 Å². The molecule has 0 radical (unpaired) electrons. The Kier molecular flexibility index (Phi) is 9.33. The van der Waals surface area contributed by atoms with Gasteiger partial charge in [-0.25, -0.2) is 4.79 Å². The largest absolute Gasteiger partial charge is 0.465 e. The number of carboxylic acid groups (broad SMARTS) is 1. The molecule has 42 heavy (non-hydrogen) atoms. The highest BCUT2D eigenvalue weighted by molar-refractivity contribution is 6.38. The first-order chi connectivity index (χ1) is 19.9. The van der Waals surface area contributed by atoms with Gasteiger partial charge in [0.15, 0.2) is 0 Å². The number of amides is 3. The quantitative estimate of drug-likeness (QED) is 0.217. The van der Waals surface area contributed by atoms with Crippen molar-refractivity contribution in [1.29, 1.82) is 5.26 Å². The molecule has 0 saturated heterocycles. The van der Waals surface area contributed by atoms with E-state index >= 15 is 0 Å². The number of nitrogens with one attached hydrogen (secondary N) is 4. The number of halogens is 2. The highest BCUT2D eigenvalue weighted by atomic mass is 35.5. The Bertz CT molecular complexity index is 1550. The Balaban J connectivity index is 1.78. The van der Waals surface area contributed by atoms with Crippen molar-refractivity contribution in [2.75, 3.05) is 0 Å². The topological polar surface area (TPSA) is 186 Å². The maximum atomic E-state index is 14.3. The standard InChI is InChI=1S/C28H33Cl2N7O5/c1-5-13(3)21(35-27(40)41)24(38)36-28(26(39)34-22(14(4)6-2)25-33-20(12-31)37-42-25)8-7-19-17(11-28)16-9-15(29)10-18(30)23(16)32-19/h9-10,13-14,21-22,32,35H,5-8,11H2,1-4H3,(H,34,39)(H,36,38)(H,40,41)/t13?,14?,21-,22-,28-/m0/s1. The number of nitrogens with zero attached hydrogens (tertiary/aromatic N) is 3. The Labute approximate surface area is 252 Å². The lowest BCUT2D eigenvalue weighted by Gasteiger charge is -2.39. The number of aryl methyl sites for hydroxylation is 1. The van der Waals surface area contributed by atoms with E-state index in [0.29, 0.717) is 34.8 Å². The molecule has 4 rings (SSSR count). The lowest BCUT2D eigenvalue weighted by atomic mass is 9.78. The number of aromatic amines is 1. The van der Waals surface area contributed by atoms with Crippen LogP contribution in [0.4, 0.5) is 4.79 Å². The summed E-state index contributed by atoms with van der Waals surface area (Å²) in [5.74, 6) is -1.73. The molecule has 1 aliphatic rings. The van der Waals surface area contributed by atoms with Crippen LogP contribution in [0.5, 0.6) is 0 Å². The van der Waals surface area contributed by atoms with E-state index < -0.39 is 35.5 Å². The Morgan fingerprint density at radius 3 is 2.52 bits per heavy atom. The van der Waals surface area contributed by atoms with Crippen molar-refractivity contribution in [2.24, 2.45) is 11.8 Å². The summed E-state index contributed by atoms with van der Waals surface area (Å²) in [6.07, 6.45) is 0.488. The van der Waals surface area contributed by atoms with Gasteiger partial charge in [0, 0.05) is 22.5 Å². The van der Waals surface area contributed by atoms with Gasteiger partial charge in [-0.2, -0.15) is 10.2 Å². The summed E-state index contributed by atoms with van der Waals surface area (Å²) in [4.78, 5) is 47.1. The van der Waals surface area contributed by atoms with Crippen LogP contribution in [0.15, 0.2) is 16.7 Å². The maximum absolute atomic E-state index is 14.3. The van der Waals surface area contributed by atoms with Gasteiger partial charge < -0.3 is 30.6 Å². The molecule has 0 fully saturated rings. The van der Waals surface area contributed by atoms with Crippen molar-refractivity contribution in [3.05, 3.63) is 45.2 Å². The molecule has 0 aliphatic heterocycles. The fraction of sp³-hybridized carbons (Fsp3) is 0.500. The normalized spacial score (nSPS) is 19.2. The molecule has 3 aromatic rings. The van der Waals surface area contributed by atoms with Crippen LogP contribution in [0.25, 0.3) is 10.9 Å². The zero-order chi connectivity index (χ0) is 30.8. The van der Waals surface area contributed by atoms with Gasteiger partial charge in [0.1, 0.15) is 23.7 Å². The van der Waals surface area contributed by atoms with Crippen molar-refractivity contribution in [3.63, 3.8) is 0 Å². The van der Waals surface area contributed by atoms with E-state index in [2.05, 4.69) is 31.1 Å². The minimum absolute atomic E-state index is 0.0721. The smallest absolute Gasteiger partial charge is 0.405 e. The van der Waals surface area contributed by atoms with Crippen LogP contribution in [-0.4, -0.2) is 49.7 Å². The van der Waals surface area contributed by atoms with E-state index in [1.54, 1.807) is 19.1 Å². The summed E-state index contributed by atoms with van der Waals surface area (Å²) in [5, 5.41) is 32.1. The summed E-state index contributed by atoms with van der Waals surface area (Å²) in [7, 11) is 0. The Hall–Kier alpha value is -3.82. The molecule has 14 heteroatoms. The van der Waals surface area contributed by atoms with Crippen molar-refractivity contribution in [2.45, 2.75) is 77.4 Å². The first-order valence-electron chi connectivity index (χ1n) is 13.8. The van der Waals surface area contributed by atoms with Gasteiger partial charge in [-0.15, -0.1) is 0 Å². The van der Waals surface area contributed by atoms with Crippen LogP contribution in [0.1, 0.15) is 76.0 Å². The molecule has 2 unspecified atom stereocenters. The van der Waals surface area contributed by atoms with E-state index in [9.17, 15) is 24.8 Å².